The highest BCUT2D eigenvalue weighted by molar-refractivity contribution is 9.10. The number of nitrogens with zero attached hydrogens (tertiary/aromatic N) is 3. The molecule has 9 heteroatoms. The maximum atomic E-state index is 13.0. The van der Waals surface area contributed by atoms with Gasteiger partial charge < -0.3 is 13.9 Å². The number of hydrogen-bond acceptors (Lipinski definition) is 5. The molecule has 2 saturated heterocycles. The highest BCUT2D eigenvalue weighted by Gasteiger charge is 2.33. The first kappa shape index (κ1) is 21.5. The van der Waals surface area contributed by atoms with Crippen molar-refractivity contribution in [3.05, 3.63) is 63.5 Å². The number of carbonyl (C=O) groups excluding carboxylic acids is 2. The molecule has 0 N–H and O–H groups in total. The maximum absolute atomic E-state index is 13.0. The summed E-state index contributed by atoms with van der Waals surface area (Å²) in [6.45, 7) is 2.25. The zero-order valence-corrected chi connectivity index (χ0v) is 20.3. The summed E-state index contributed by atoms with van der Waals surface area (Å²) in [5.74, 6) is 0.669. The number of furan rings is 1. The van der Waals surface area contributed by atoms with E-state index < -0.39 is 0 Å². The van der Waals surface area contributed by atoms with Gasteiger partial charge in [0.1, 0.15) is 16.6 Å². The van der Waals surface area contributed by atoms with Crippen LogP contribution in [0.15, 0.2) is 56.6 Å². The fourth-order valence-electron chi connectivity index (χ4n) is 4.09. The second kappa shape index (κ2) is 8.88. The summed E-state index contributed by atoms with van der Waals surface area (Å²) in [5, 5.41) is 0.977. The number of amides is 2. The summed E-state index contributed by atoms with van der Waals surface area (Å²) in [6.07, 6.45) is 7.53. The van der Waals surface area contributed by atoms with Gasteiger partial charge in [-0.2, -0.15) is 0 Å². The molecular formula is C23H20BrN3O3S2. The van der Waals surface area contributed by atoms with Crippen LogP contribution in [0.1, 0.15) is 24.2 Å². The summed E-state index contributed by atoms with van der Waals surface area (Å²) in [7, 11) is 0. The Hall–Kier alpha value is -2.36. The van der Waals surface area contributed by atoms with Crippen LogP contribution in [-0.2, 0) is 22.7 Å². The molecule has 0 unspecified atom stereocenters. The predicted octanol–water partition coefficient (Wildman–Crippen LogP) is 5.02. The van der Waals surface area contributed by atoms with Crippen LogP contribution in [0.2, 0.25) is 0 Å². The minimum absolute atomic E-state index is 0.124. The van der Waals surface area contributed by atoms with E-state index in [0.29, 0.717) is 21.5 Å². The van der Waals surface area contributed by atoms with Crippen LogP contribution in [0, 0.1) is 0 Å². The Kier molecular flexibility index (Phi) is 5.96. The lowest BCUT2D eigenvalue weighted by Gasteiger charge is -2.16. The number of hydrogen-bond donors (Lipinski definition) is 0. The van der Waals surface area contributed by atoms with Gasteiger partial charge in [-0.1, -0.05) is 39.9 Å². The molecule has 0 bridgehead atoms. The summed E-state index contributed by atoms with van der Waals surface area (Å²) in [5.41, 5.74) is 1.84. The quantitative estimate of drug-likeness (QED) is 0.343. The smallest absolute Gasteiger partial charge is 0.266 e. The molecule has 0 saturated carbocycles. The van der Waals surface area contributed by atoms with Crippen LogP contribution in [0.5, 0.6) is 0 Å². The zero-order chi connectivity index (χ0) is 22.2. The lowest BCUT2D eigenvalue weighted by molar-refractivity contribution is -0.130. The number of fused-ring (bicyclic) bond motifs is 1. The topological polar surface area (TPSA) is 58.7 Å². The molecule has 2 aromatic heterocycles. The van der Waals surface area contributed by atoms with Gasteiger partial charge in [0.05, 0.1) is 17.7 Å². The molecule has 32 heavy (non-hydrogen) atoms. The molecule has 0 radical (unpaired) electrons. The van der Waals surface area contributed by atoms with E-state index in [-0.39, 0.29) is 18.4 Å². The van der Waals surface area contributed by atoms with E-state index in [1.54, 1.807) is 17.2 Å². The standard InChI is InChI=1S/C23H20BrN3O3S2/c24-16-5-6-19-18(11-16)15(12-26(19)14-21(28)25-7-1-2-8-25)10-20-22(29)27(23(31)32-20)13-17-4-3-9-30-17/h3-6,9-12H,1-2,7-8,13-14H2/b20-10-. The number of halogens is 1. The van der Waals surface area contributed by atoms with Crippen LogP contribution >= 0.6 is 39.9 Å². The van der Waals surface area contributed by atoms with Gasteiger partial charge in [0.25, 0.3) is 5.91 Å². The monoisotopic (exact) mass is 529 g/mol. The minimum Gasteiger partial charge on any atom is -0.467 e. The van der Waals surface area contributed by atoms with Crippen LogP contribution in [0.4, 0.5) is 0 Å². The fraction of sp³-hybridized carbons (Fsp3) is 0.261. The predicted molar refractivity (Wildman–Crippen MR) is 133 cm³/mol. The molecule has 0 aliphatic carbocycles. The van der Waals surface area contributed by atoms with E-state index >= 15 is 0 Å². The SMILES string of the molecule is O=C(Cn1cc(/C=C2\SC(=S)N(Cc3ccco3)C2=O)c2cc(Br)ccc21)N1CCCC1. The van der Waals surface area contributed by atoms with Crippen molar-refractivity contribution in [2.75, 3.05) is 13.1 Å². The van der Waals surface area contributed by atoms with Crippen molar-refractivity contribution in [2.24, 2.45) is 0 Å². The summed E-state index contributed by atoms with van der Waals surface area (Å²) in [4.78, 5) is 29.8. The summed E-state index contributed by atoms with van der Waals surface area (Å²) >= 11 is 10.3. The third-order valence-corrected chi connectivity index (χ3v) is 7.56. The van der Waals surface area contributed by atoms with Crippen molar-refractivity contribution in [3.63, 3.8) is 0 Å². The van der Waals surface area contributed by atoms with Crippen molar-refractivity contribution >= 4 is 73.0 Å². The molecule has 5 rings (SSSR count). The van der Waals surface area contributed by atoms with Gasteiger partial charge in [0.2, 0.25) is 5.91 Å². The highest BCUT2D eigenvalue weighted by atomic mass is 79.9. The van der Waals surface area contributed by atoms with Crippen molar-refractivity contribution in [2.45, 2.75) is 25.9 Å². The molecule has 2 aliphatic heterocycles. The van der Waals surface area contributed by atoms with Gasteiger partial charge in [-0.15, -0.1) is 0 Å². The number of thioether (sulfide) groups is 1. The molecule has 0 atom stereocenters. The molecule has 0 spiro atoms. The third kappa shape index (κ3) is 4.16. The zero-order valence-electron chi connectivity index (χ0n) is 17.1. The minimum atomic E-state index is -0.138. The molecule has 3 aromatic rings. The van der Waals surface area contributed by atoms with E-state index in [1.165, 1.54) is 11.8 Å². The third-order valence-electron chi connectivity index (χ3n) is 5.69. The molecule has 2 aliphatic rings. The van der Waals surface area contributed by atoms with Crippen LogP contribution in [-0.4, -0.2) is 43.6 Å². The second-order valence-electron chi connectivity index (χ2n) is 7.81. The van der Waals surface area contributed by atoms with Gasteiger partial charge in [-0.25, -0.2) is 0 Å². The van der Waals surface area contributed by atoms with E-state index in [4.69, 9.17) is 16.6 Å². The number of carbonyl (C=O) groups is 2. The summed E-state index contributed by atoms with van der Waals surface area (Å²) in [6, 6.07) is 9.59. The van der Waals surface area contributed by atoms with Crippen molar-refractivity contribution in [1.82, 2.24) is 14.4 Å². The Morgan fingerprint density at radius 1 is 1.25 bits per heavy atom. The fourth-order valence-corrected chi connectivity index (χ4v) is 5.70. The first-order valence-electron chi connectivity index (χ1n) is 10.3. The van der Waals surface area contributed by atoms with E-state index in [2.05, 4.69) is 15.9 Å². The summed E-state index contributed by atoms with van der Waals surface area (Å²) < 4.78 is 8.79. The van der Waals surface area contributed by atoms with Gasteiger partial charge in [-0.3, -0.25) is 14.5 Å². The van der Waals surface area contributed by atoms with Crippen LogP contribution < -0.4 is 0 Å². The second-order valence-corrected chi connectivity index (χ2v) is 10.4. The van der Waals surface area contributed by atoms with E-state index in [9.17, 15) is 9.59 Å². The Bertz CT molecular complexity index is 1240. The van der Waals surface area contributed by atoms with Gasteiger partial charge in [0, 0.05) is 40.2 Å². The van der Waals surface area contributed by atoms with Crippen molar-refractivity contribution in [1.29, 1.82) is 0 Å². The lowest BCUT2D eigenvalue weighted by atomic mass is 10.1. The van der Waals surface area contributed by atoms with Gasteiger partial charge in [-0.05, 0) is 49.2 Å². The first-order valence-corrected chi connectivity index (χ1v) is 12.4. The normalized spacial score (nSPS) is 18.0. The first-order chi connectivity index (χ1) is 15.5. The lowest BCUT2D eigenvalue weighted by Crippen LogP contribution is -2.30. The number of thiocarbonyl (C=S) groups is 1. The number of rotatable bonds is 5. The Morgan fingerprint density at radius 2 is 2.06 bits per heavy atom. The molecule has 4 heterocycles. The maximum Gasteiger partial charge on any atom is 0.266 e. The van der Waals surface area contributed by atoms with Crippen LogP contribution in [0.3, 0.4) is 0 Å². The average Bonchev–Trinajstić information content (AvgIpc) is 3.56. The van der Waals surface area contributed by atoms with Crippen molar-refractivity contribution < 1.29 is 14.0 Å². The van der Waals surface area contributed by atoms with Crippen LogP contribution in [0.25, 0.3) is 17.0 Å². The number of benzene rings is 1. The largest absolute Gasteiger partial charge is 0.467 e. The molecule has 164 valence electrons. The average molecular weight is 530 g/mol. The van der Waals surface area contributed by atoms with E-state index in [1.807, 2.05) is 46.0 Å². The number of likely N-dealkylation sites (tertiary alicyclic amines) is 1. The Morgan fingerprint density at radius 3 is 2.81 bits per heavy atom. The molecule has 6 nitrogen and oxygen atoms in total. The molecule has 1 aromatic carbocycles. The number of aromatic nitrogens is 1. The Labute approximate surface area is 203 Å². The van der Waals surface area contributed by atoms with E-state index in [0.717, 1.165) is 46.9 Å². The molecule has 2 amide bonds. The molecular weight excluding hydrogens is 510 g/mol. The highest BCUT2D eigenvalue weighted by Crippen LogP contribution is 2.36. The van der Waals surface area contributed by atoms with Crippen molar-refractivity contribution in [3.8, 4) is 0 Å². The van der Waals surface area contributed by atoms with Gasteiger partial charge >= 0.3 is 0 Å². The molecule has 2 fully saturated rings. The Balaban J connectivity index is 1.46. The van der Waals surface area contributed by atoms with Gasteiger partial charge in [0.15, 0.2) is 0 Å².